The number of fused-ring (bicyclic) bond motifs is 1. The van der Waals surface area contributed by atoms with E-state index in [2.05, 4.69) is 6.08 Å². The molecule has 3 atom stereocenters. The van der Waals surface area contributed by atoms with Gasteiger partial charge in [-0.15, -0.1) is 0 Å². The Labute approximate surface area is 177 Å². The number of carbonyl (C=O) groups is 2. The van der Waals surface area contributed by atoms with E-state index in [0.29, 0.717) is 37.4 Å². The van der Waals surface area contributed by atoms with Gasteiger partial charge in [-0.3, -0.25) is 4.79 Å². The molecule has 162 valence electrons. The summed E-state index contributed by atoms with van der Waals surface area (Å²) in [6.07, 6.45) is 6.40. The van der Waals surface area contributed by atoms with Gasteiger partial charge in [-0.25, -0.2) is 4.79 Å². The zero-order valence-electron chi connectivity index (χ0n) is 17.9. The quantitative estimate of drug-likeness (QED) is 0.458. The van der Waals surface area contributed by atoms with E-state index >= 15 is 0 Å². The minimum absolute atomic E-state index is 0.0413. The third-order valence-electron chi connectivity index (χ3n) is 5.25. The number of rotatable bonds is 8. The summed E-state index contributed by atoms with van der Waals surface area (Å²) < 4.78 is 22.6. The summed E-state index contributed by atoms with van der Waals surface area (Å²) in [5, 5.41) is 0. The Morgan fingerprint density at radius 2 is 1.97 bits per heavy atom. The van der Waals surface area contributed by atoms with Crippen molar-refractivity contribution in [1.82, 2.24) is 0 Å². The summed E-state index contributed by atoms with van der Waals surface area (Å²) in [7, 11) is 0. The highest BCUT2D eigenvalue weighted by Crippen LogP contribution is 2.35. The van der Waals surface area contributed by atoms with Crippen molar-refractivity contribution in [3.8, 4) is 5.75 Å². The van der Waals surface area contributed by atoms with Gasteiger partial charge in [-0.05, 0) is 57.4 Å². The van der Waals surface area contributed by atoms with Gasteiger partial charge >= 0.3 is 5.97 Å². The van der Waals surface area contributed by atoms with E-state index in [0.717, 1.165) is 12.8 Å². The molecule has 0 spiro atoms. The van der Waals surface area contributed by atoms with Gasteiger partial charge in [-0.1, -0.05) is 18.6 Å². The summed E-state index contributed by atoms with van der Waals surface area (Å²) in [5.41, 5.74) is 1.67. The smallest absolute Gasteiger partial charge is 0.338 e. The number of ketones is 1. The maximum absolute atomic E-state index is 12.9. The molecular weight excluding hydrogens is 384 g/mol. The molecule has 6 nitrogen and oxygen atoms in total. The van der Waals surface area contributed by atoms with Crippen molar-refractivity contribution in [2.75, 3.05) is 13.2 Å². The Bertz CT molecular complexity index is 803. The highest BCUT2D eigenvalue weighted by atomic mass is 16.5. The predicted octanol–water partition coefficient (Wildman–Crippen LogP) is 4.59. The van der Waals surface area contributed by atoms with Crippen molar-refractivity contribution in [2.24, 2.45) is 5.92 Å². The maximum atomic E-state index is 12.9. The second-order valence-corrected chi connectivity index (χ2v) is 7.94. The molecule has 1 saturated carbocycles. The summed E-state index contributed by atoms with van der Waals surface area (Å²) in [6.45, 7) is 7.00. The minimum Gasteiger partial charge on any atom is -0.493 e. The lowest BCUT2D eigenvalue weighted by molar-refractivity contribution is -0.133. The van der Waals surface area contributed by atoms with Gasteiger partial charge in [0.2, 0.25) is 11.5 Å². The van der Waals surface area contributed by atoms with Crippen LogP contribution in [0.25, 0.3) is 0 Å². The first-order valence-corrected chi connectivity index (χ1v) is 10.6. The zero-order chi connectivity index (χ0) is 21.5. The van der Waals surface area contributed by atoms with Crippen LogP contribution < -0.4 is 4.74 Å². The van der Waals surface area contributed by atoms with Crippen LogP contribution >= 0.6 is 0 Å². The molecule has 3 rings (SSSR count). The van der Waals surface area contributed by atoms with Crippen LogP contribution in [0.1, 0.15) is 56.8 Å². The molecule has 0 amide bonds. The number of benzene rings is 1. The number of Topliss-reactive ketones (excluding diaryl/α,β-unsaturated/α-hetero) is 1. The van der Waals surface area contributed by atoms with Crippen LogP contribution in [0.2, 0.25) is 0 Å². The Hall–Kier alpha value is -2.60. The van der Waals surface area contributed by atoms with Crippen LogP contribution in [0.5, 0.6) is 5.75 Å². The molecule has 0 N–H and O–H groups in total. The molecule has 0 radical (unpaired) electrons. The van der Waals surface area contributed by atoms with Gasteiger partial charge in [0.05, 0.1) is 30.8 Å². The first-order valence-electron chi connectivity index (χ1n) is 10.6. The lowest BCUT2D eigenvalue weighted by Gasteiger charge is -2.37. The molecule has 30 heavy (non-hydrogen) atoms. The maximum Gasteiger partial charge on any atom is 0.338 e. The van der Waals surface area contributed by atoms with Gasteiger partial charge < -0.3 is 18.9 Å². The van der Waals surface area contributed by atoms with E-state index in [1.165, 1.54) is 11.8 Å². The van der Waals surface area contributed by atoms with Crippen LogP contribution in [0, 0.1) is 5.92 Å². The molecule has 1 aliphatic carbocycles. The molecule has 6 heteroatoms. The van der Waals surface area contributed by atoms with Crippen LogP contribution in [-0.2, 0) is 19.0 Å². The van der Waals surface area contributed by atoms with Gasteiger partial charge in [0, 0.05) is 6.42 Å². The lowest BCUT2D eigenvalue weighted by Crippen LogP contribution is -2.42. The summed E-state index contributed by atoms with van der Waals surface area (Å²) >= 11 is 0. The number of carbonyl (C=O) groups excluding carboxylic acids is 2. The Morgan fingerprint density at radius 3 is 2.67 bits per heavy atom. The minimum atomic E-state index is -0.369. The standard InChI is InChI=1S/C24H30O6/c1-4-12-28-24(26)17-5-7-18(8-6-17)30-22-15-29-21-14-19(27-13-11-16(2)3)9-10-20(21)23(22)25/h5-8,11,15,19-21H,4,9-10,12-14H2,1-3H3. The van der Waals surface area contributed by atoms with E-state index in [4.69, 9.17) is 18.9 Å². The first-order chi connectivity index (χ1) is 14.5. The molecule has 1 aliphatic heterocycles. The number of hydrogen-bond acceptors (Lipinski definition) is 6. The third-order valence-corrected chi connectivity index (χ3v) is 5.25. The van der Waals surface area contributed by atoms with Crippen molar-refractivity contribution >= 4 is 11.8 Å². The monoisotopic (exact) mass is 414 g/mol. The van der Waals surface area contributed by atoms with E-state index in [1.807, 2.05) is 20.8 Å². The number of esters is 1. The highest BCUT2D eigenvalue weighted by molar-refractivity contribution is 5.96. The summed E-state index contributed by atoms with van der Waals surface area (Å²) in [6, 6.07) is 6.55. The average molecular weight is 414 g/mol. The molecule has 0 bridgehead atoms. The van der Waals surface area contributed by atoms with Crippen LogP contribution in [-0.4, -0.2) is 37.2 Å². The molecule has 0 aromatic heterocycles. The summed E-state index contributed by atoms with van der Waals surface area (Å²) in [5.74, 6) is 0.0482. The predicted molar refractivity (Wildman–Crippen MR) is 112 cm³/mol. The SMILES string of the molecule is CCCOC(=O)c1ccc(OC2=COC3CC(OCC=C(C)C)CCC3C2=O)cc1. The average Bonchev–Trinajstić information content (AvgIpc) is 2.74. The van der Waals surface area contributed by atoms with Crippen molar-refractivity contribution in [3.63, 3.8) is 0 Å². The van der Waals surface area contributed by atoms with Crippen molar-refractivity contribution in [1.29, 1.82) is 0 Å². The van der Waals surface area contributed by atoms with Gasteiger partial charge in [0.1, 0.15) is 18.1 Å². The fraction of sp³-hybridized carbons (Fsp3) is 0.500. The molecule has 0 saturated heterocycles. The molecule has 1 aromatic rings. The van der Waals surface area contributed by atoms with Crippen molar-refractivity contribution < 1.29 is 28.5 Å². The normalized spacial score (nSPS) is 23.0. The first kappa shape index (κ1) is 22.1. The second kappa shape index (κ2) is 10.4. The van der Waals surface area contributed by atoms with Gasteiger partial charge in [-0.2, -0.15) is 0 Å². The number of hydrogen-bond donors (Lipinski definition) is 0. The molecule has 3 unspecified atom stereocenters. The lowest BCUT2D eigenvalue weighted by atomic mass is 9.80. The Morgan fingerprint density at radius 1 is 1.20 bits per heavy atom. The second-order valence-electron chi connectivity index (χ2n) is 7.94. The largest absolute Gasteiger partial charge is 0.493 e. The summed E-state index contributed by atoms with van der Waals surface area (Å²) in [4.78, 5) is 24.7. The van der Waals surface area contributed by atoms with Gasteiger partial charge in [0.15, 0.2) is 0 Å². The van der Waals surface area contributed by atoms with Gasteiger partial charge in [0.25, 0.3) is 0 Å². The van der Waals surface area contributed by atoms with Crippen LogP contribution in [0.15, 0.2) is 47.9 Å². The molecule has 1 aromatic carbocycles. The molecule has 1 fully saturated rings. The Balaban J connectivity index is 1.56. The van der Waals surface area contributed by atoms with E-state index in [9.17, 15) is 9.59 Å². The topological polar surface area (TPSA) is 71.1 Å². The molecule has 1 heterocycles. The third kappa shape index (κ3) is 5.72. The number of allylic oxidation sites excluding steroid dienone is 2. The molecular formula is C24H30O6. The molecule has 2 aliphatic rings. The Kier molecular flexibility index (Phi) is 7.69. The fourth-order valence-electron chi connectivity index (χ4n) is 3.57. The fourth-order valence-corrected chi connectivity index (χ4v) is 3.57. The van der Waals surface area contributed by atoms with E-state index < -0.39 is 0 Å². The van der Waals surface area contributed by atoms with Crippen LogP contribution in [0.3, 0.4) is 0 Å². The van der Waals surface area contributed by atoms with Crippen molar-refractivity contribution in [3.05, 3.63) is 53.5 Å². The highest BCUT2D eigenvalue weighted by Gasteiger charge is 2.41. The van der Waals surface area contributed by atoms with E-state index in [1.54, 1.807) is 24.3 Å². The van der Waals surface area contributed by atoms with E-state index in [-0.39, 0.29) is 35.6 Å². The van der Waals surface area contributed by atoms with Crippen LogP contribution in [0.4, 0.5) is 0 Å². The van der Waals surface area contributed by atoms with Crippen molar-refractivity contribution in [2.45, 2.75) is 58.7 Å². The number of ether oxygens (including phenoxy) is 4. The zero-order valence-corrected chi connectivity index (χ0v) is 17.9.